The smallest absolute Gasteiger partial charge is 0.136 e. The molecule has 0 atom stereocenters. The predicted molar refractivity (Wildman–Crippen MR) is 229 cm³/mol. The first-order valence-corrected chi connectivity index (χ1v) is 18.7. The summed E-state index contributed by atoms with van der Waals surface area (Å²) in [6.07, 6.45) is 0. The Hall–Kier alpha value is -7.36. The quantitative estimate of drug-likeness (QED) is 0.173. The Kier molecular flexibility index (Phi) is 7.17. The molecule has 0 aliphatic carbocycles. The van der Waals surface area contributed by atoms with E-state index in [0.717, 1.165) is 82.8 Å². The number of rotatable bonds is 6. The molecule has 55 heavy (non-hydrogen) atoms. The molecule has 0 amide bonds. The monoisotopic (exact) mass is 703 g/mol. The van der Waals surface area contributed by atoms with Crippen LogP contribution in [0, 0.1) is 0 Å². The van der Waals surface area contributed by atoms with Crippen LogP contribution in [0.4, 0.5) is 17.1 Å². The standard InChI is InChI=1S/C52H33NO2/c1-3-10-34(11-4-1)36-18-26-40(27-19-36)53(41-28-20-37(21-29-41)35-12-5-2-6-13-35)42-30-22-38(23-31-42)43-15-9-17-46-50(43)52-48(55-46)33-25-39-24-32-47-51(49(39)52)44-14-7-8-16-45(44)54-47/h1-33H. The van der Waals surface area contributed by atoms with Crippen LogP contribution in [0.5, 0.6) is 0 Å². The number of hydrogen-bond donors (Lipinski definition) is 0. The molecule has 3 nitrogen and oxygen atoms in total. The molecule has 11 aromatic rings. The predicted octanol–water partition coefficient (Wildman–Crippen LogP) is 15.1. The van der Waals surface area contributed by atoms with Gasteiger partial charge in [0.1, 0.15) is 22.3 Å². The fraction of sp³-hybridized carbons (Fsp3) is 0. The number of fused-ring (bicyclic) bond motifs is 9. The van der Waals surface area contributed by atoms with Crippen LogP contribution in [0.2, 0.25) is 0 Å². The van der Waals surface area contributed by atoms with Crippen molar-refractivity contribution in [1.82, 2.24) is 0 Å². The Balaban J connectivity index is 1.05. The second-order valence-corrected chi connectivity index (χ2v) is 14.1. The van der Waals surface area contributed by atoms with Gasteiger partial charge in [-0.1, -0.05) is 140 Å². The second-order valence-electron chi connectivity index (χ2n) is 14.1. The van der Waals surface area contributed by atoms with Gasteiger partial charge in [0.15, 0.2) is 0 Å². The lowest BCUT2D eigenvalue weighted by Gasteiger charge is -2.26. The van der Waals surface area contributed by atoms with E-state index < -0.39 is 0 Å². The zero-order valence-electron chi connectivity index (χ0n) is 29.8. The summed E-state index contributed by atoms with van der Waals surface area (Å²) in [4.78, 5) is 2.33. The van der Waals surface area contributed by atoms with Gasteiger partial charge < -0.3 is 13.7 Å². The number of para-hydroxylation sites is 1. The van der Waals surface area contributed by atoms with Crippen molar-refractivity contribution >= 4 is 71.7 Å². The topological polar surface area (TPSA) is 29.5 Å². The number of hydrogen-bond acceptors (Lipinski definition) is 3. The number of anilines is 3. The lowest BCUT2D eigenvalue weighted by Crippen LogP contribution is -2.09. The van der Waals surface area contributed by atoms with Crippen LogP contribution in [0.1, 0.15) is 0 Å². The van der Waals surface area contributed by atoms with E-state index in [1.54, 1.807) is 0 Å². The molecule has 0 saturated heterocycles. The van der Waals surface area contributed by atoms with Crippen molar-refractivity contribution in [2.45, 2.75) is 0 Å². The van der Waals surface area contributed by atoms with Crippen molar-refractivity contribution in [2.24, 2.45) is 0 Å². The molecule has 0 saturated carbocycles. The van der Waals surface area contributed by atoms with Crippen molar-refractivity contribution < 1.29 is 8.83 Å². The summed E-state index contributed by atoms with van der Waals surface area (Å²) in [5.41, 5.74) is 13.8. The van der Waals surface area contributed by atoms with Crippen molar-refractivity contribution in [2.75, 3.05) is 4.90 Å². The molecule has 0 N–H and O–H groups in total. The first kappa shape index (κ1) is 31.2. The van der Waals surface area contributed by atoms with Gasteiger partial charge in [0.2, 0.25) is 0 Å². The molecule has 2 heterocycles. The minimum atomic E-state index is 0.868. The van der Waals surface area contributed by atoms with E-state index in [9.17, 15) is 0 Å². The summed E-state index contributed by atoms with van der Waals surface area (Å²) in [6, 6.07) is 70.8. The highest BCUT2D eigenvalue weighted by Crippen LogP contribution is 2.45. The maximum atomic E-state index is 6.58. The molecule has 0 bridgehead atoms. The van der Waals surface area contributed by atoms with E-state index in [2.05, 4.69) is 193 Å². The van der Waals surface area contributed by atoms with Crippen LogP contribution in [-0.2, 0) is 0 Å². The highest BCUT2D eigenvalue weighted by molar-refractivity contribution is 6.32. The van der Waals surface area contributed by atoms with Gasteiger partial charge in [-0.2, -0.15) is 0 Å². The lowest BCUT2D eigenvalue weighted by atomic mass is 9.94. The summed E-state index contributed by atoms with van der Waals surface area (Å²) < 4.78 is 12.9. The first-order valence-electron chi connectivity index (χ1n) is 18.7. The Morgan fingerprint density at radius 2 is 0.727 bits per heavy atom. The molecule has 9 aromatic carbocycles. The maximum absolute atomic E-state index is 6.58. The summed E-state index contributed by atoms with van der Waals surface area (Å²) in [7, 11) is 0. The molecule has 2 aromatic heterocycles. The van der Waals surface area contributed by atoms with Gasteiger partial charge in [0.05, 0.1) is 0 Å². The van der Waals surface area contributed by atoms with Crippen molar-refractivity contribution in [3.05, 3.63) is 200 Å². The Labute approximate surface area is 317 Å². The van der Waals surface area contributed by atoms with E-state index in [1.165, 1.54) is 22.3 Å². The summed E-state index contributed by atoms with van der Waals surface area (Å²) in [5, 5.41) is 6.78. The lowest BCUT2D eigenvalue weighted by molar-refractivity contribution is 0.669. The normalized spacial score (nSPS) is 11.6. The molecule has 258 valence electrons. The molecule has 0 aliphatic rings. The van der Waals surface area contributed by atoms with Crippen LogP contribution in [0.25, 0.3) is 88.0 Å². The average Bonchev–Trinajstić information content (AvgIpc) is 3.84. The third-order valence-corrected chi connectivity index (χ3v) is 10.9. The van der Waals surface area contributed by atoms with Crippen molar-refractivity contribution in [3.8, 4) is 33.4 Å². The zero-order chi connectivity index (χ0) is 36.3. The van der Waals surface area contributed by atoms with Crippen LogP contribution >= 0.6 is 0 Å². The minimum Gasteiger partial charge on any atom is -0.456 e. The van der Waals surface area contributed by atoms with Gasteiger partial charge in [-0.05, 0) is 99.4 Å². The Morgan fingerprint density at radius 3 is 1.33 bits per heavy atom. The van der Waals surface area contributed by atoms with E-state index in [-0.39, 0.29) is 0 Å². The van der Waals surface area contributed by atoms with Gasteiger partial charge in [0.25, 0.3) is 0 Å². The molecule has 0 spiro atoms. The van der Waals surface area contributed by atoms with Crippen LogP contribution in [-0.4, -0.2) is 0 Å². The third-order valence-electron chi connectivity index (χ3n) is 10.9. The fourth-order valence-electron chi connectivity index (χ4n) is 8.28. The SMILES string of the molecule is c1ccc(-c2ccc(N(c3ccc(-c4ccccc4)cc3)c3ccc(-c4cccc5oc6ccc7ccc8oc9ccccc9c8c7c6c45)cc3)cc2)cc1. The molecular formula is C52H33NO2. The van der Waals surface area contributed by atoms with E-state index in [4.69, 9.17) is 8.83 Å². The van der Waals surface area contributed by atoms with Gasteiger partial charge in [-0.3, -0.25) is 0 Å². The molecule has 3 heteroatoms. The number of benzene rings is 9. The van der Waals surface area contributed by atoms with Gasteiger partial charge in [0, 0.05) is 44.0 Å². The van der Waals surface area contributed by atoms with Crippen LogP contribution in [0.3, 0.4) is 0 Å². The zero-order valence-corrected chi connectivity index (χ0v) is 29.8. The minimum absolute atomic E-state index is 0.868. The average molecular weight is 704 g/mol. The maximum Gasteiger partial charge on any atom is 0.136 e. The van der Waals surface area contributed by atoms with Gasteiger partial charge in [-0.15, -0.1) is 0 Å². The molecule has 0 aliphatic heterocycles. The summed E-state index contributed by atoms with van der Waals surface area (Å²) >= 11 is 0. The number of furan rings is 2. The first-order chi connectivity index (χ1) is 27.3. The Morgan fingerprint density at radius 1 is 0.273 bits per heavy atom. The summed E-state index contributed by atoms with van der Waals surface area (Å²) in [5.74, 6) is 0. The van der Waals surface area contributed by atoms with Gasteiger partial charge >= 0.3 is 0 Å². The van der Waals surface area contributed by atoms with E-state index in [1.807, 2.05) is 12.1 Å². The Bertz CT molecular complexity index is 3070. The third kappa shape index (κ3) is 5.20. The van der Waals surface area contributed by atoms with Crippen LogP contribution in [0.15, 0.2) is 209 Å². The molecule has 0 radical (unpaired) electrons. The molecule has 0 unspecified atom stereocenters. The molecular weight excluding hydrogens is 671 g/mol. The number of nitrogens with zero attached hydrogens (tertiary/aromatic N) is 1. The summed E-state index contributed by atoms with van der Waals surface area (Å²) in [6.45, 7) is 0. The highest BCUT2D eigenvalue weighted by atomic mass is 16.3. The highest BCUT2D eigenvalue weighted by Gasteiger charge is 2.20. The van der Waals surface area contributed by atoms with Gasteiger partial charge in [-0.25, -0.2) is 0 Å². The molecule has 11 rings (SSSR count). The molecule has 0 fully saturated rings. The second kappa shape index (κ2) is 12.6. The largest absolute Gasteiger partial charge is 0.456 e. The fourth-order valence-corrected chi connectivity index (χ4v) is 8.28. The van der Waals surface area contributed by atoms with Crippen LogP contribution < -0.4 is 4.90 Å². The van der Waals surface area contributed by atoms with E-state index >= 15 is 0 Å². The van der Waals surface area contributed by atoms with Crippen molar-refractivity contribution in [1.29, 1.82) is 0 Å². The van der Waals surface area contributed by atoms with Crippen molar-refractivity contribution in [3.63, 3.8) is 0 Å². The van der Waals surface area contributed by atoms with E-state index in [0.29, 0.717) is 0 Å².